The number of hydrogen-bond donors (Lipinski definition) is 2. The second kappa shape index (κ2) is 9.46. The third kappa shape index (κ3) is 5.48. The first-order valence-electron chi connectivity index (χ1n) is 10.4. The van der Waals surface area contributed by atoms with Gasteiger partial charge >= 0.3 is 6.18 Å². The Labute approximate surface area is 192 Å². The number of hydrogen-bond acceptors (Lipinski definition) is 5. The van der Waals surface area contributed by atoms with Crippen molar-refractivity contribution >= 4 is 17.5 Å². The summed E-state index contributed by atoms with van der Waals surface area (Å²) in [5.41, 5.74) is 1.56. The van der Waals surface area contributed by atoms with Crippen LogP contribution in [0.15, 0.2) is 48.7 Å². The molecular formula is C23H21F3N4O4. The van der Waals surface area contributed by atoms with Gasteiger partial charge in [0.2, 0.25) is 0 Å². The number of aryl methyl sites for hydroxylation is 1. The van der Waals surface area contributed by atoms with Crippen LogP contribution in [0.4, 0.5) is 18.9 Å². The van der Waals surface area contributed by atoms with E-state index < -0.39 is 24.5 Å². The molecule has 34 heavy (non-hydrogen) atoms. The van der Waals surface area contributed by atoms with Crippen LogP contribution in [0.1, 0.15) is 27.1 Å². The Balaban J connectivity index is 1.54. The number of halogens is 3. The van der Waals surface area contributed by atoms with Crippen LogP contribution in [0.25, 0.3) is 11.3 Å². The number of amides is 2. The van der Waals surface area contributed by atoms with Crippen LogP contribution in [-0.4, -0.2) is 47.5 Å². The van der Waals surface area contributed by atoms with Gasteiger partial charge in [0.1, 0.15) is 12.2 Å². The lowest BCUT2D eigenvalue weighted by Gasteiger charge is -2.11. The smallest absolute Gasteiger partial charge is 0.405 e. The van der Waals surface area contributed by atoms with E-state index in [2.05, 4.69) is 10.4 Å². The molecule has 11 heteroatoms. The van der Waals surface area contributed by atoms with Gasteiger partial charge in [0.15, 0.2) is 11.5 Å². The zero-order chi connectivity index (χ0) is 24.3. The van der Waals surface area contributed by atoms with Crippen molar-refractivity contribution in [1.82, 2.24) is 15.1 Å². The van der Waals surface area contributed by atoms with E-state index in [4.69, 9.17) is 9.47 Å². The van der Waals surface area contributed by atoms with Crippen molar-refractivity contribution < 1.29 is 32.2 Å². The molecule has 1 aliphatic rings. The first kappa shape index (κ1) is 23.1. The Morgan fingerprint density at radius 2 is 1.82 bits per heavy atom. The normalized spacial score (nSPS) is 13.2. The number of carbonyl (C=O) groups excluding carboxylic acids is 2. The molecule has 0 atom stereocenters. The Kier molecular flexibility index (Phi) is 6.44. The molecule has 0 unspecified atom stereocenters. The standard InChI is InChI=1S/C23H21F3N4O4/c1-30-12-17(20(29-30)14-6-7-18-19(11-14)34-9-3-8-33-18)22(32)28-16-5-2-4-15(10-16)21(31)27-13-23(24,25)26/h2,4-7,10-12H,3,8-9,13H2,1H3,(H,27,31)(H,28,32). The highest BCUT2D eigenvalue weighted by Crippen LogP contribution is 2.35. The van der Waals surface area contributed by atoms with Gasteiger partial charge in [-0.1, -0.05) is 6.07 Å². The summed E-state index contributed by atoms with van der Waals surface area (Å²) in [5, 5.41) is 8.87. The molecule has 2 aromatic carbocycles. The molecule has 0 radical (unpaired) electrons. The van der Waals surface area contributed by atoms with Crippen LogP contribution in [0, 0.1) is 0 Å². The van der Waals surface area contributed by atoms with Gasteiger partial charge in [-0.25, -0.2) is 0 Å². The fourth-order valence-corrected chi connectivity index (χ4v) is 3.40. The number of rotatable bonds is 5. The molecule has 0 spiro atoms. The van der Waals surface area contributed by atoms with Gasteiger partial charge in [-0.2, -0.15) is 18.3 Å². The van der Waals surface area contributed by atoms with Crippen molar-refractivity contribution in [3.63, 3.8) is 0 Å². The Hall–Kier alpha value is -4.02. The van der Waals surface area contributed by atoms with E-state index >= 15 is 0 Å². The number of nitrogens with zero attached hydrogens (tertiary/aromatic N) is 2. The highest BCUT2D eigenvalue weighted by atomic mass is 19.4. The minimum Gasteiger partial charge on any atom is -0.490 e. The maximum Gasteiger partial charge on any atom is 0.405 e. The molecule has 0 aliphatic carbocycles. The summed E-state index contributed by atoms with van der Waals surface area (Å²) in [6, 6.07) is 10.9. The third-order valence-corrected chi connectivity index (χ3v) is 4.93. The fourth-order valence-electron chi connectivity index (χ4n) is 3.40. The molecule has 1 aliphatic heterocycles. The van der Waals surface area contributed by atoms with Crippen LogP contribution in [-0.2, 0) is 7.05 Å². The molecule has 0 bridgehead atoms. The molecule has 2 heterocycles. The van der Waals surface area contributed by atoms with E-state index in [0.29, 0.717) is 36.0 Å². The molecule has 8 nitrogen and oxygen atoms in total. The third-order valence-electron chi connectivity index (χ3n) is 4.93. The fraction of sp³-hybridized carbons (Fsp3) is 0.261. The van der Waals surface area contributed by atoms with E-state index in [1.54, 1.807) is 36.8 Å². The van der Waals surface area contributed by atoms with Gasteiger partial charge in [-0.15, -0.1) is 0 Å². The summed E-state index contributed by atoms with van der Waals surface area (Å²) < 4.78 is 50.0. The summed E-state index contributed by atoms with van der Waals surface area (Å²) in [6.45, 7) is -0.382. The largest absolute Gasteiger partial charge is 0.490 e. The number of alkyl halides is 3. The van der Waals surface area contributed by atoms with Crippen molar-refractivity contribution in [1.29, 1.82) is 0 Å². The van der Waals surface area contributed by atoms with Gasteiger partial charge in [-0.05, 0) is 36.4 Å². The number of fused-ring (bicyclic) bond motifs is 1. The molecule has 4 rings (SSSR count). The first-order chi connectivity index (χ1) is 16.2. The summed E-state index contributed by atoms with van der Waals surface area (Å²) in [5.74, 6) is -0.223. The molecule has 178 valence electrons. The van der Waals surface area contributed by atoms with E-state index in [9.17, 15) is 22.8 Å². The van der Waals surface area contributed by atoms with Crippen molar-refractivity contribution in [2.75, 3.05) is 25.1 Å². The van der Waals surface area contributed by atoms with Gasteiger partial charge in [-0.3, -0.25) is 14.3 Å². The number of ether oxygens (including phenoxy) is 2. The maximum atomic E-state index is 13.0. The second-order valence-electron chi connectivity index (χ2n) is 7.61. The van der Waals surface area contributed by atoms with E-state index in [1.165, 1.54) is 28.9 Å². The number of benzene rings is 2. The van der Waals surface area contributed by atoms with Crippen LogP contribution in [0.5, 0.6) is 11.5 Å². The maximum absolute atomic E-state index is 13.0. The van der Waals surface area contributed by atoms with E-state index in [0.717, 1.165) is 6.42 Å². The SMILES string of the molecule is Cn1cc(C(=O)Nc2cccc(C(=O)NCC(F)(F)F)c2)c(-c2ccc3c(c2)OCCCO3)n1. The number of aromatic nitrogens is 2. The van der Waals surface area contributed by atoms with Crippen LogP contribution >= 0.6 is 0 Å². The molecule has 0 saturated heterocycles. The predicted molar refractivity (Wildman–Crippen MR) is 117 cm³/mol. The minimum atomic E-state index is -4.52. The van der Waals surface area contributed by atoms with E-state index in [-0.39, 0.29) is 16.8 Å². The Morgan fingerprint density at radius 3 is 2.59 bits per heavy atom. The van der Waals surface area contributed by atoms with Gasteiger partial charge in [0.25, 0.3) is 11.8 Å². The number of anilines is 1. The Morgan fingerprint density at radius 1 is 1.06 bits per heavy atom. The molecule has 1 aromatic heterocycles. The lowest BCUT2D eigenvalue weighted by molar-refractivity contribution is -0.123. The molecular weight excluding hydrogens is 453 g/mol. The summed E-state index contributed by atoms with van der Waals surface area (Å²) in [6.07, 6.45) is -2.21. The van der Waals surface area contributed by atoms with Crippen molar-refractivity contribution in [3.8, 4) is 22.8 Å². The average Bonchev–Trinajstić information content (AvgIpc) is 3.04. The lowest BCUT2D eigenvalue weighted by atomic mass is 10.1. The highest BCUT2D eigenvalue weighted by Gasteiger charge is 2.28. The first-order valence-corrected chi connectivity index (χ1v) is 10.4. The van der Waals surface area contributed by atoms with Crippen molar-refractivity contribution in [2.24, 2.45) is 7.05 Å². The average molecular weight is 474 g/mol. The zero-order valence-corrected chi connectivity index (χ0v) is 18.1. The van der Waals surface area contributed by atoms with Crippen LogP contribution in [0.3, 0.4) is 0 Å². The summed E-state index contributed by atoms with van der Waals surface area (Å²) in [7, 11) is 1.68. The summed E-state index contributed by atoms with van der Waals surface area (Å²) in [4.78, 5) is 25.1. The molecule has 2 N–H and O–H groups in total. The molecule has 0 fully saturated rings. The number of nitrogens with one attached hydrogen (secondary N) is 2. The van der Waals surface area contributed by atoms with Gasteiger partial charge in [0, 0.05) is 36.5 Å². The Bertz CT molecular complexity index is 1220. The van der Waals surface area contributed by atoms with Crippen molar-refractivity contribution in [2.45, 2.75) is 12.6 Å². The quantitative estimate of drug-likeness (QED) is 0.587. The monoisotopic (exact) mass is 474 g/mol. The predicted octanol–water partition coefficient (Wildman–Crippen LogP) is 3.79. The van der Waals surface area contributed by atoms with Gasteiger partial charge < -0.3 is 20.1 Å². The van der Waals surface area contributed by atoms with E-state index in [1.807, 2.05) is 0 Å². The van der Waals surface area contributed by atoms with Crippen LogP contribution in [0.2, 0.25) is 0 Å². The number of carbonyl (C=O) groups is 2. The highest BCUT2D eigenvalue weighted by molar-refractivity contribution is 6.08. The lowest BCUT2D eigenvalue weighted by Crippen LogP contribution is -2.33. The molecule has 0 saturated carbocycles. The molecule has 3 aromatic rings. The molecule has 2 amide bonds. The van der Waals surface area contributed by atoms with Crippen molar-refractivity contribution in [3.05, 3.63) is 59.8 Å². The zero-order valence-electron chi connectivity index (χ0n) is 18.1. The van der Waals surface area contributed by atoms with Gasteiger partial charge in [0.05, 0.1) is 18.8 Å². The second-order valence-corrected chi connectivity index (χ2v) is 7.61. The van der Waals surface area contributed by atoms with Crippen LogP contribution < -0.4 is 20.1 Å². The minimum absolute atomic E-state index is 0.0173. The topological polar surface area (TPSA) is 94.5 Å². The summed E-state index contributed by atoms with van der Waals surface area (Å²) >= 11 is 0.